The molecule has 1 aromatic carbocycles. The Morgan fingerprint density at radius 1 is 1.24 bits per heavy atom. The second-order valence-electron chi connectivity index (χ2n) is 4.23. The van der Waals surface area contributed by atoms with Crippen molar-refractivity contribution >= 4 is 45.4 Å². The summed E-state index contributed by atoms with van der Waals surface area (Å²) in [5.74, 6) is -2.39. The number of benzene rings is 1. The first-order chi connectivity index (χ1) is 9.88. The first-order valence-corrected chi connectivity index (χ1v) is 6.58. The van der Waals surface area contributed by atoms with E-state index < -0.39 is 23.8 Å². The molecule has 1 heterocycles. The molecule has 0 atom stereocenters. The van der Waals surface area contributed by atoms with Gasteiger partial charge in [-0.3, -0.25) is 14.9 Å². The highest BCUT2D eigenvalue weighted by atomic mass is 79.9. The van der Waals surface area contributed by atoms with Crippen molar-refractivity contribution in [2.75, 3.05) is 18.4 Å². The highest BCUT2D eigenvalue weighted by molar-refractivity contribution is 9.10. The van der Waals surface area contributed by atoms with Crippen molar-refractivity contribution < 1.29 is 24.3 Å². The summed E-state index contributed by atoms with van der Waals surface area (Å²) in [6.07, 6.45) is 0. The van der Waals surface area contributed by atoms with Crippen molar-refractivity contribution in [3.8, 4) is 0 Å². The third-order valence-corrected chi connectivity index (χ3v) is 3.37. The molecule has 3 N–H and O–H groups in total. The van der Waals surface area contributed by atoms with E-state index in [0.29, 0.717) is 4.47 Å². The zero-order valence-electron chi connectivity index (χ0n) is 10.6. The molecule has 0 bridgehead atoms. The maximum absolute atomic E-state index is 12.1. The van der Waals surface area contributed by atoms with Gasteiger partial charge in [-0.15, -0.1) is 0 Å². The van der Waals surface area contributed by atoms with Crippen LogP contribution in [0.4, 0.5) is 10.5 Å². The topological polar surface area (TPSA) is 116 Å². The lowest BCUT2D eigenvalue weighted by Crippen LogP contribution is -2.54. The van der Waals surface area contributed by atoms with Gasteiger partial charge in [-0.1, -0.05) is 6.07 Å². The van der Waals surface area contributed by atoms with Crippen LogP contribution in [0.15, 0.2) is 22.7 Å². The molecule has 0 aliphatic carbocycles. The lowest BCUT2D eigenvalue weighted by atomic mass is 10.2. The Morgan fingerprint density at radius 3 is 2.43 bits per heavy atom. The van der Waals surface area contributed by atoms with E-state index in [-0.39, 0.29) is 24.3 Å². The largest absolute Gasteiger partial charge is 0.478 e. The number of urea groups is 1. The molecule has 1 fully saturated rings. The molecule has 4 amide bonds. The average molecular weight is 356 g/mol. The number of nitrogens with zero attached hydrogens (tertiary/aromatic N) is 1. The Kier molecular flexibility index (Phi) is 4.22. The molecule has 21 heavy (non-hydrogen) atoms. The van der Waals surface area contributed by atoms with Crippen molar-refractivity contribution in [3.05, 3.63) is 28.2 Å². The monoisotopic (exact) mass is 355 g/mol. The van der Waals surface area contributed by atoms with Crippen molar-refractivity contribution in [2.45, 2.75) is 0 Å². The standard InChI is InChI=1S/C12H10BrN3O5/c13-7-3-1-2-6(11(19)20)10(7)15-12(21)16-4-8(17)14-9(18)5-16/h1-3H,4-5H2,(H,15,21)(H,19,20)(H,14,17,18). The number of carboxylic acids is 1. The first kappa shape index (κ1) is 15.0. The lowest BCUT2D eigenvalue weighted by molar-refractivity contribution is -0.134. The van der Waals surface area contributed by atoms with Gasteiger partial charge in [-0.05, 0) is 28.1 Å². The summed E-state index contributed by atoms with van der Waals surface area (Å²) in [7, 11) is 0. The summed E-state index contributed by atoms with van der Waals surface area (Å²) in [5, 5.41) is 13.6. The molecule has 1 aromatic rings. The number of piperazine rings is 1. The number of anilines is 1. The number of amides is 4. The summed E-state index contributed by atoms with van der Waals surface area (Å²) in [6, 6.07) is 3.68. The lowest BCUT2D eigenvalue weighted by Gasteiger charge is -2.26. The predicted octanol–water partition coefficient (Wildman–Crippen LogP) is 0.638. The molecule has 1 aliphatic heterocycles. The molecule has 110 valence electrons. The smallest absolute Gasteiger partial charge is 0.337 e. The molecule has 0 saturated carbocycles. The third kappa shape index (κ3) is 3.37. The number of carboxylic acid groups (broad SMARTS) is 1. The fraction of sp³-hybridized carbons (Fsp3) is 0.167. The Balaban J connectivity index is 2.22. The van der Waals surface area contributed by atoms with Crippen molar-refractivity contribution in [3.63, 3.8) is 0 Å². The van der Waals surface area contributed by atoms with E-state index in [0.717, 1.165) is 4.90 Å². The number of rotatable bonds is 2. The number of halogens is 1. The number of imide groups is 1. The summed E-state index contributed by atoms with van der Waals surface area (Å²) in [6.45, 7) is -0.547. The SMILES string of the molecule is O=C1CN(C(=O)Nc2c(Br)cccc2C(=O)O)CC(=O)N1. The van der Waals surface area contributed by atoms with Gasteiger partial charge < -0.3 is 15.3 Å². The zero-order chi connectivity index (χ0) is 15.6. The zero-order valence-corrected chi connectivity index (χ0v) is 12.1. The van der Waals surface area contributed by atoms with Crippen LogP contribution in [-0.4, -0.2) is 46.9 Å². The summed E-state index contributed by atoms with van der Waals surface area (Å²) < 4.78 is 0.378. The number of para-hydroxylation sites is 1. The van der Waals surface area contributed by atoms with Crippen LogP contribution in [0.3, 0.4) is 0 Å². The number of nitrogens with one attached hydrogen (secondary N) is 2. The van der Waals surface area contributed by atoms with Crippen LogP contribution in [0, 0.1) is 0 Å². The van der Waals surface area contributed by atoms with Gasteiger partial charge in [0.15, 0.2) is 0 Å². The Bertz CT molecular complexity index is 630. The number of hydrogen-bond donors (Lipinski definition) is 3. The fourth-order valence-electron chi connectivity index (χ4n) is 1.80. The van der Waals surface area contributed by atoms with Crippen molar-refractivity contribution in [1.82, 2.24) is 10.2 Å². The number of carbonyl (C=O) groups excluding carboxylic acids is 3. The number of aromatic carboxylic acids is 1. The molecule has 2 rings (SSSR count). The third-order valence-electron chi connectivity index (χ3n) is 2.71. The molecule has 9 heteroatoms. The Hall–Kier alpha value is -2.42. The van der Waals surface area contributed by atoms with Crippen molar-refractivity contribution in [2.24, 2.45) is 0 Å². The van der Waals surface area contributed by atoms with E-state index in [9.17, 15) is 19.2 Å². The maximum atomic E-state index is 12.1. The molecule has 8 nitrogen and oxygen atoms in total. The number of hydrogen-bond acceptors (Lipinski definition) is 4. The van der Waals surface area contributed by atoms with Gasteiger partial charge >= 0.3 is 12.0 Å². The highest BCUT2D eigenvalue weighted by Gasteiger charge is 2.27. The molecule has 0 unspecified atom stereocenters. The van der Waals surface area contributed by atoms with Gasteiger partial charge in [-0.25, -0.2) is 9.59 Å². The molecule has 1 saturated heterocycles. The maximum Gasteiger partial charge on any atom is 0.337 e. The predicted molar refractivity (Wildman–Crippen MR) is 74.8 cm³/mol. The molecule has 1 aliphatic rings. The van der Waals surface area contributed by atoms with Crippen LogP contribution in [-0.2, 0) is 9.59 Å². The van der Waals surface area contributed by atoms with Gasteiger partial charge in [0, 0.05) is 4.47 Å². The van der Waals surface area contributed by atoms with Crippen LogP contribution < -0.4 is 10.6 Å². The summed E-state index contributed by atoms with van der Waals surface area (Å²) in [4.78, 5) is 46.6. The van der Waals surface area contributed by atoms with Crippen molar-refractivity contribution in [1.29, 1.82) is 0 Å². The van der Waals surface area contributed by atoms with E-state index in [2.05, 4.69) is 26.6 Å². The average Bonchev–Trinajstić information content (AvgIpc) is 2.39. The number of carbonyl (C=O) groups is 4. The molecule has 0 spiro atoms. The van der Waals surface area contributed by atoms with Crippen LogP contribution in [0.1, 0.15) is 10.4 Å². The Labute approximate surface area is 127 Å². The van der Waals surface area contributed by atoms with E-state index in [1.54, 1.807) is 6.07 Å². The fourth-order valence-corrected chi connectivity index (χ4v) is 2.26. The van der Waals surface area contributed by atoms with E-state index in [4.69, 9.17) is 5.11 Å². The summed E-state index contributed by atoms with van der Waals surface area (Å²) >= 11 is 3.15. The molecule has 0 radical (unpaired) electrons. The minimum atomic E-state index is -1.21. The van der Waals surface area contributed by atoms with Gasteiger partial charge in [-0.2, -0.15) is 0 Å². The minimum absolute atomic E-state index is 0.0634. The Morgan fingerprint density at radius 2 is 1.86 bits per heavy atom. The second kappa shape index (κ2) is 5.92. The highest BCUT2D eigenvalue weighted by Crippen LogP contribution is 2.26. The molecule has 0 aromatic heterocycles. The van der Waals surface area contributed by atoms with Gasteiger partial charge in [0.05, 0.1) is 11.3 Å². The normalized spacial score (nSPS) is 14.6. The molecular weight excluding hydrogens is 346 g/mol. The van der Waals surface area contributed by atoms with E-state index in [1.807, 2.05) is 0 Å². The van der Waals surface area contributed by atoms with Crippen LogP contribution in [0.25, 0.3) is 0 Å². The van der Waals surface area contributed by atoms with Gasteiger partial charge in [0.2, 0.25) is 11.8 Å². The summed E-state index contributed by atoms with van der Waals surface area (Å²) in [5.41, 5.74) is -0.0426. The first-order valence-electron chi connectivity index (χ1n) is 5.79. The quantitative estimate of drug-likeness (QED) is 0.673. The second-order valence-corrected chi connectivity index (χ2v) is 5.08. The van der Waals surface area contributed by atoms with E-state index >= 15 is 0 Å². The van der Waals surface area contributed by atoms with Gasteiger partial charge in [0.25, 0.3) is 0 Å². The van der Waals surface area contributed by atoms with E-state index in [1.165, 1.54) is 12.1 Å². The van der Waals surface area contributed by atoms with Crippen LogP contribution >= 0.6 is 15.9 Å². The molecular formula is C12H10BrN3O5. The van der Waals surface area contributed by atoms with Gasteiger partial charge in [0.1, 0.15) is 13.1 Å². The van der Waals surface area contributed by atoms with Crippen LogP contribution in [0.5, 0.6) is 0 Å². The van der Waals surface area contributed by atoms with Crippen LogP contribution in [0.2, 0.25) is 0 Å². The minimum Gasteiger partial charge on any atom is -0.478 e.